The third-order valence-electron chi connectivity index (χ3n) is 3.11. The van der Waals surface area contributed by atoms with E-state index >= 15 is 0 Å². The molecule has 0 aliphatic heterocycles. The maximum Gasteiger partial charge on any atom is 0.0940 e. The van der Waals surface area contributed by atoms with Crippen LogP contribution in [0.2, 0.25) is 0 Å². The van der Waals surface area contributed by atoms with Crippen LogP contribution in [0, 0.1) is 11.3 Å². The SMILES string of the molecule is CC(C)n1ncc2c1CC[C@@H](C(=N)N)C2. The molecule has 4 nitrogen and oxygen atoms in total. The van der Waals surface area contributed by atoms with Crippen LogP contribution in [0.15, 0.2) is 6.20 Å². The van der Waals surface area contributed by atoms with Crippen molar-refractivity contribution in [1.29, 1.82) is 5.41 Å². The highest BCUT2D eigenvalue weighted by Gasteiger charge is 2.24. The predicted molar refractivity (Wildman–Crippen MR) is 60.0 cm³/mol. The maximum absolute atomic E-state index is 7.47. The molecule has 0 bridgehead atoms. The van der Waals surface area contributed by atoms with Gasteiger partial charge in [0.2, 0.25) is 0 Å². The highest BCUT2D eigenvalue weighted by molar-refractivity contribution is 5.80. The molecule has 82 valence electrons. The van der Waals surface area contributed by atoms with Crippen LogP contribution in [0.5, 0.6) is 0 Å². The van der Waals surface area contributed by atoms with Gasteiger partial charge in [0.15, 0.2) is 0 Å². The van der Waals surface area contributed by atoms with Crippen molar-refractivity contribution in [2.75, 3.05) is 0 Å². The van der Waals surface area contributed by atoms with E-state index in [1.807, 2.05) is 6.20 Å². The minimum Gasteiger partial charge on any atom is -0.387 e. The van der Waals surface area contributed by atoms with Crippen molar-refractivity contribution in [2.45, 2.75) is 39.2 Å². The summed E-state index contributed by atoms with van der Waals surface area (Å²) in [6.45, 7) is 4.29. The predicted octanol–water partition coefficient (Wildman–Crippen LogP) is 1.50. The van der Waals surface area contributed by atoms with Crippen LogP contribution in [0.4, 0.5) is 0 Å². The lowest BCUT2D eigenvalue weighted by molar-refractivity contribution is 0.479. The van der Waals surface area contributed by atoms with Crippen molar-refractivity contribution in [2.24, 2.45) is 11.7 Å². The molecule has 0 saturated heterocycles. The molecule has 2 rings (SSSR count). The Morgan fingerprint density at radius 1 is 1.67 bits per heavy atom. The monoisotopic (exact) mass is 206 g/mol. The smallest absolute Gasteiger partial charge is 0.0940 e. The summed E-state index contributed by atoms with van der Waals surface area (Å²) in [6, 6.07) is 0.419. The molecule has 0 fully saturated rings. The number of hydrogen-bond acceptors (Lipinski definition) is 2. The van der Waals surface area contributed by atoms with Crippen LogP contribution >= 0.6 is 0 Å². The first-order chi connectivity index (χ1) is 7.09. The van der Waals surface area contributed by atoms with E-state index in [9.17, 15) is 0 Å². The standard InChI is InChI=1S/C11H18N4/c1-7(2)15-10-4-3-8(11(12)13)5-9(10)6-14-15/h6-8H,3-5H2,1-2H3,(H3,12,13)/t8-/m1/s1. The fourth-order valence-corrected chi connectivity index (χ4v) is 2.26. The highest BCUT2D eigenvalue weighted by atomic mass is 15.3. The zero-order valence-electron chi connectivity index (χ0n) is 9.33. The van der Waals surface area contributed by atoms with Crippen LogP contribution in [-0.2, 0) is 12.8 Å². The zero-order valence-corrected chi connectivity index (χ0v) is 9.33. The molecule has 0 aromatic carbocycles. The van der Waals surface area contributed by atoms with Crippen LogP contribution in [0.1, 0.15) is 37.6 Å². The van der Waals surface area contributed by atoms with Crippen molar-refractivity contribution < 1.29 is 0 Å². The number of aromatic nitrogens is 2. The lowest BCUT2D eigenvalue weighted by Gasteiger charge is -2.22. The number of nitrogens with zero attached hydrogens (tertiary/aromatic N) is 2. The van der Waals surface area contributed by atoms with Gasteiger partial charge >= 0.3 is 0 Å². The molecule has 1 aliphatic carbocycles. The molecule has 4 heteroatoms. The lowest BCUT2D eigenvalue weighted by atomic mass is 9.87. The maximum atomic E-state index is 7.47. The third-order valence-corrected chi connectivity index (χ3v) is 3.11. The van der Waals surface area contributed by atoms with Gasteiger partial charge in [0.25, 0.3) is 0 Å². The van der Waals surface area contributed by atoms with E-state index in [0.29, 0.717) is 11.9 Å². The van der Waals surface area contributed by atoms with Crippen molar-refractivity contribution in [1.82, 2.24) is 9.78 Å². The topological polar surface area (TPSA) is 67.7 Å². The average Bonchev–Trinajstić information content (AvgIpc) is 2.59. The van der Waals surface area contributed by atoms with Crippen molar-refractivity contribution in [3.05, 3.63) is 17.5 Å². The Bertz CT molecular complexity index is 378. The molecule has 0 radical (unpaired) electrons. The Morgan fingerprint density at radius 2 is 2.40 bits per heavy atom. The summed E-state index contributed by atoms with van der Waals surface area (Å²) >= 11 is 0. The number of nitrogens with two attached hydrogens (primary N) is 1. The second-order valence-electron chi connectivity index (χ2n) is 4.55. The van der Waals surface area contributed by atoms with E-state index < -0.39 is 0 Å². The first-order valence-corrected chi connectivity index (χ1v) is 5.48. The fourth-order valence-electron chi connectivity index (χ4n) is 2.26. The summed E-state index contributed by atoms with van der Waals surface area (Å²) in [5.74, 6) is 0.542. The molecule has 0 unspecified atom stereocenters. The first kappa shape index (κ1) is 10.2. The molecule has 1 aromatic rings. The zero-order chi connectivity index (χ0) is 11.0. The van der Waals surface area contributed by atoms with E-state index in [2.05, 4.69) is 23.6 Å². The summed E-state index contributed by atoms with van der Waals surface area (Å²) in [5.41, 5.74) is 8.16. The number of amidine groups is 1. The van der Waals surface area contributed by atoms with Gasteiger partial charge in [0.05, 0.1) is 12.0 Å². The highest BCUT2D eigenvalue weighted by Crippen LogP contribution is 2.26. The van der Waals surface area contributed by atoms with E-state index in [4.69, 9.17) is 11.1 Å². The normalized spacial score (nSPS) is 20.3. The van der Waals surface area contributed by atoms with Crippen molar-refractivity contribution in [3.63, 3.8) is 0 Å². The van der Waals surface area contributed by atoms with E-state index in [-0.39, 0.29) is 5.92 Å². The summed E-state index contributed by atoms with van der Waals surface area (Å²) in [6.07, 6.45) is 4.81. The minimum atomic E-state index is 0.224. The van der Waals surface area contributed by atoms with E-state index in [1.165, 1.54) is 11.3 Å². The van der Waals surface area contributed by atoms with Crippen LogP contribution in [-0.4, -0.2) is 15.6 Å². The molecule has 1 aromatic heterocycles. The van der Waals surface area contributed by atoms with Gasteiger partial charge in [-0.15, -0.1) is 0 Å². The van der Waals surface area contributed by atoms with Gasteiger partial charge in [0.1, 0.15) is 0 Å². The molecule has 1 heterocycles. The number of hydrogen-bond donors (Lipinski definition) is 2. The molecule has 0 saturated carbocycles. The van der Waals surface area contributed by atoms with E-state index in [1.54, 1.807) is 0 Å². The molecule has 15 heavy (non-hydrogen) atoms. The number of rotatable bonds is 2. The van der Waals surface area contributed by atoms with Gasteiger partial charge in [-0.05, 0) is 38.7 Å². The molecular weight excluding hydrogens is 188 g/mol. The Morgan fingerprint density at radius 3 is 3.00 bits per heavy atom. The summed E-state index contributed by atoms with van der Waals surface area (Å²) < 4.78 is 2.09. The Hall–Kier alpha value is -1.32. The summed E-state index contributed by atoms with van der Waals surface area (Å²) in [5, 5.41) is 11.9. The fraction of sp³-hybridized carbons (Fsp3) is 0.636. The van der Waals surface area contributed by atoms with Crippen LogP contribution in [0.3, 0.4) is 0 Å². The third kappa shape index (κ3) is 1.76. The van der Waals surface area contributed by atoms with Crippen LogP contribution < -0.4 is 5.73 Å². The minimum absolute atomic E-state index is 0.224. The molecule has 1 aliphatic rings. The molecule has 0 spiro atoms. The summed E-state index contributed by atoms with van der Waals surface area (Å²) in [7, 11) is 0. The quantitative estimate of drug-likeness (QED) is 0.569. The molecule has 3 N–H and O–H groups in total. The Balaban J connectivity index is 2.26. The first-order valence-electron chi connectivity index (χ1n) is 5.48. The van der Waals surface area contributed by atoms with Gasteiger partial charge in [0, 0.05) is 17.7 Å². The molecule has 0 amide bonds. The Labute approximate surface area is 90.0 Å². The molecule has 1 atom stereocenters. The lowest BCUT2D eigenvalue weighted by Crippen LogP contribution is -2.28. The molecular formula is C11H18N4. The number of nitrogens with one attached hydrogen (secondary N) is 1. The summed E-state index contributed by atoms with van der Waals surface area (Å²) in [4.78, 5) is 0. The second-order valence-corrected chi connectivity index (χ2v) is 4.55. The van der Waals surface area contributed by atoms with Crippen molar-refractivity contribution >= 4 is 5.84 Å². The van der Waals surface area contributed by atoms with Gasteiger partial charge in [-0.25, -0.2) is 0 Å². The van der Waals surface area contributed by atoms with Crippen LogP contribution in [0.25, 0.3) is 0 Å². The van der Waals surface area contributed by atoms with Gasteiger partial charge in [-0.2, -0.15) is 5.10 Å². The van der Waals surface area contributed by atoms with Gasteiger partial charge in [-0.1, -0.05) is 0 Å². The largest absolute Gasteiger partial charge is 0.387 e. The average molecular weight is 206 g/mol. The number of fused-ring (bicyclic) bond motifs is 1. The van der Waals surface area contributed by atoms with E-state index in [0.717, 1.165) is 19.3 Å². The van der Waals surface area contributed by atoms with Gasteiger partial charge < -0.3 is 5.73 Å². The Kier molecular flexibility index (Phi) is 2.50. The van der Waals surface area contributed by atoms with Crippen molar-refractivity contribution in [3.8, 4) is 0 Å². The second kappa shape index (κ2) is 3.68. The van der Waals surface area contributed by atoms with Gasteiger partial charge in [-0.3, -0.25) is 10.1 Å².